The van der Waals surface area contributed by atoms with Crippen LogP contribution in [0.2, 0.25) is 10.0 Å². The van der Waals surface area contributed by atoms with Crippen LogP contribution in [0.25, 0.3) is 0 Å². The van der Waals surface area contributed by atoms with Gasteiger partial charge in [-0.2, -0.15) is 0 Å². The third-order valence-electron chi connectivity index (χ3n) is 4.71. The minimum atomic E-state index is 0.307. The summed E-state index contributed by atoms with van der Waals surface area (Å²) in [5, 5.41) is 5.02. The molecule has 1 N–H and O–H groups in total. The lowest BCUT2D eigenvalue weighted by molar-refractivity contribution is 0.175. The van der Waals surface area contributed by atoms with Gasteiger partial charge in [0.25, 0.3) is 0 Å². The van der Waals surface area contributed by atoms with E-state index in [-0.39, 0.29) is 0 Å². The van der Waals surface area contributed by atoms with Crippen molar-refractivity contribution in [3.63, 3.8) is 0 Å². The second-order valence-electron chi connectivity index (χ2n) is 5.96. The first kappa shape index (κ1) is 15.2. The molecule has 0 amide bonds. The van der Waals surface area contributed by atoms with Crippen LogP contribution in [0.5, 0.6) is 0 Å². The van der Waals surface area contributed by atoms with E-state index in [9.17, 15) is 0 Å². The maximum absolute atomic E-state index is 6.36. The monoisotopic (exact) mass is 299 g/mol. The first-order valence-electron chi connectivity index (χ1n) is 7.15. The third-order valence-corrected chi connectivity index (χ3v) is 5.29. The van der Waals surface area contributed by atoms with Crippen molar-refractivity contribution in [2.45, 2.75) is 39.2 Å². The quantitative estimate of drug-likeness (QED) is 0.796. The van der Waals surface area contributed by atoms with Crippen LogP contribution >= 0.6 is 23.2 Å². The van der Waals surface area contributed by atoms with Crippen LogP contribution in [0, 0.1) is 17.8 Å². The Labute approximate surface area is 126 Å². The summed E-state index contributed by atoms with van der Waals surface area (Å²) >= 11 is 12.5. The van der Waals surface area contributed by atoms with Crippen LogP contribution in [0.1, 0.15) is 44.7 Å². The molecule has 3 heteroatoms. The van der Waals surface area contributed by atoms with Gasteiger partial charge < -0.3 is 5.32 Å². The van der Waals surface area contributed by atoms with Gasteiger partial charge in [0.1, 0.15) is 0 Å². The molecule has 1 aromatic carbocycles. The van der Waals surface area contributed by atoms with E-state index in [1.807, 2.05) is 25.2 Å². The number of hydrogen-bond acceptors (Lipinski definition) is 1. The highest BCUT2D eigenvalue weighted by atomic mass is 35.5. The highest BCUT2D eigenvalue weighted by Gasteiger charge is 2.31. The zero-order chi connectivity index (χ0) is 14.0. The van der Waals surface area contributed by atoms with E-state index in [1.165, 1.54) is 19.3 Å². The Morgan fingerprint density at radius 3 is 2.53 bits per heavy atom. The van der Waals surface area contributed by atoms with Crippen molar-refractivity contribution in [3.8, 4) is 0 Å². The Balaban J connectivity index is 2.22. The topological polar surface area (TPSA) is 12.0 Å². The van der Waals surface area contributed by atoms with Crippen molar-refractivity contribution in [1.29, 1.82) is 0 Å². The van der Waals surface area contributed by atoms with E-state index in [4.69, 9.17) is 23.2 Å². The molecule has 0 aromatic heterocycles. The normalized spacial score (nSPS) is 29.2. The molecular weight excluding hydrogens is 277 g/mol. The summed E-state index contributed by atoms with van der Waals surface area (Å²) in [6.07, 6.45) is 3.83. The molecule has 0 spiro atoms. The van der Waals surface area contributed by atoms with E-state index >= 15 is 0 Å². The first-order chi connectivity index (χ1) is 9.02. The van der Waals surface area contributed by atoms with Crippen LogP contribution in [-0.2, 0) is 0 Å². The molecule has 4 unspecified atom stereocenters. The number of nitrogens with one attached hydrogen (secondary N) is 1. The fourth-order valence-electron chi connectivity index (χ4n) is 3.29. The second-order valence-corrected chi connectivity index (χ2v) is 6.80. The molecular formula is C16H23Cl2N. The maximum Gasteiger partial charge on any atom is 0.0454 e. The zero-order valence-corrected chi connectivity index (χ0v) is 13.4. The molecule has 4 atom stereocenters. The summed E-state index contributed by atoms with van der Waals surface area (Å²) in [5.41, 5.74) is 1.14. The lowest BCUT2D eigenvalue weighted by Crippen LogP contribution is -2.31. The van der Waals surface area contributed by atoms with Gasteiger partial charge in [0.05, 0.1) is 0 Å². The zero-order valence-electron chi connectivity index (χ0n) is 11.9. The molecule has 1 aliphatic rings. The molecule has 0 heterocycles. The number of hydrogen-bond donors (Lipinski definition) is 1. The first-order valence-corrected chi connectivity index (χ1v) is 7.90. The van der Waals surface area contributed by atoms with Crippen molar-refractivity contribution in [1.82, 2.24) is 5.32 Å². The van der Waals surface area contributed by atoms with Crippen LogP contribution in [0.3, 0.4) is 0 Å². The van der Waals surface area contributed by atoms with E-state index in [0.29, 0.717) is 12.0 Å². The maximum atomic E-state index is 6.36. The van der Waals surface area contributed by atoms with Gasteiger partial charge in [-0.1, -0.05) is 43.5 Å². The van der Waals surface area contributed by atoms with Crippen molar-refractivity contribution in [2.24, 2.45) is 17.8 Å². The van der Waals surface area contributed by atoms with Crippen LogP contribution in [0.4, 0.5) is 0 Å². The SMILES string of the molecule is CNC(c1cc(Cl)ccc1Cl)C1CCC(C)C(C)C1. The van der Waals surface area contributed by atoms with Crippen LogP contribution < -0.4 is 5.32 Å². The van der Waals surface area contributed by atoms with Gasteiger partial charge in [0, 0.05) is 16.1 Å². The average molecular weight is 300 g/mol. The molecule has 1 nitrogen and oxygen atoms in total. The summed E-state index contributed by atoms with van der Waals surface area (Å²) in [5.74, 6) is 2.27. The standard InChI is InChI=1S/C16H23Cl2N/c1-10-4-5-12(8-11(10)2)16(19-3)14-9-13(17)6-7-15(14)18/h6-7,9-12,16,19H,4-5,8H2,1-3H3. The molecule has 1 aliphatic carbocycles. The Bertz CT molecular complexity index is 433. The summed E-state index contributed by atoms with van der Waals surface area (Å²) in [7, 11) is 2.02. The predicted molar refractivity (Wildman–Crippen MR) is 83.9 cm³/mol. The van der Waals surface area contributed by atoms with Gasteiger partial charge in [0.15, 0.2) is 0 Å². The molecule has 106 valence electrons. The van der Waals surface area contributed by atoms with Gasteiger partial charge in [-0.15, -0.1) is 0 Å². The summed E-state index contributed by atoms with van der Waals surface area (Å²) in [6.45, 7) is 4.73. The summed E-state index contributed by atoms with van der Waals surface area (Å²) in [6, 6.07) is 6.07. The van der Waals surface area contributed by atoms with E-state index in [2.05, 4.69) is 19.2 Å². The molecule has 19 heavy (non-hydrogen) atoms. The lowest BCUT2D eigenvalue weighted by atomic mass is 9.72. The van der Waals surface area contributed by atoms with Crippen LogP contribution in [-0.4, -0.2) is 7.05 Å². The number of rotatable bonds is 3. The number of benzene rings is 1. The van der Waals surface area contributed by atoms with Gasteiger partial charge in [-0.05, 0) is 61.4 Å². The Morgan fingerprint density at radius 2 is 1.89 bits per heavy atom. The van der Waals surface area contributed by atoms with Crippen LogP contribution in [0.15, 0.2) is 18.2 Å². The predicted octanol–water partition coefficient (Wildman–Crippen LogP) is 5.33. The minimum absolute atomic E-state index is 0.307. The van der Waals surface area contributed by atoms with Crippen molar-refractivity contribution in [3.05, 3.63) is 33.8 Å². The van der Waals surface area contributed by atoms with Gasteiger partial charge >= 0.3 is 0 Å². The van der Waals surface area contributed by atoms with Crippen molar-refractivity contribution in [2.75, 3.05) is 7.05 Å². The molecule has 0 bridgehead atoms. The van der Waals surface area contributed by atoms with E-state index in [1.54, 1.807) is 0 Å². The average Bonchev–Trinajstić information content (AvgIpc) is 2.38. The second kappa shape index (κ2) is 6.47. The van der Waals surface area contributed by atoms with Gasteiger partial charge in [0.2, 0.25) is 0 Å². The lowest BCUT2D eigenvalue weighted by Gasteiger charge is -2.37. The van der Waals surface area contributed by atoms with Gasteiger partial charge in [-0.25, -0.2) is 0 Å². The Hall–Kier alpha value is -0.240. The molecule has 1 aromatic rings. The third kappa shape index (κ3) is 3.45. The summed E-state index contributed by atoms with van der Waals surface area (Å²) < 4.78 is 0. The molecule has 1 fully saturated rings. The van der Waals surface area contributed by atoms with E-state index < -0.39 is 0 Å². The Kier molecular flexibility index (Phi) is 5.16. The van der Waals surface area contributed by atoms with Crippen molar-refractivity contribution >= 4 is 23.2 Å². The fourth-order valence-corrected chi connectivity index (χ4v) is 3.71. The highest BCUT2D eigenvalue weighted by Crippen LogP contribution is 2.41. The fraction of sp³-hybridized carbons (Fsp3) is 0.625. The molecule has 0 aliphatic heterocycles. The van der Waals surface area contributed by atoms with Gasteiger partial charge in [-0.3, -0.25) is 0 Å². The number of halogens is 2. The summed E-state index contributed by atoms with van der Waals surface area (Å²) in [4.78, 5) is 0. The molecule has 1 saturated carbocycles. The molecule has 0 radical (unpaired) electrons. The largest absolute Gasteiger partial charge is 0.313 e. The minimum Gasteiger partial charge on any atom is -0.313 e. The smallest absolute Gasteiger partial charge is 0.0454 e. The highest BCUT2D eigenvalue weighted by molar-refractivity contribution is 6.33. The Morgan fingerprint density at radius 1 is 1.16 bits per heavy atom. The molecule has 2 rings (SSSR count). The van der Waals surface area contributed by atoms with E-state index in [0.717, 1.165) is 27.4 Å². The van der Waals surface area contributed by atoms with Crippen molar-refractivity contribution < 1.29 is 0 Å². The molecule has 0 saturated heterocycles.